The van der Waals surface area contributed by atoms with Crippen LogP contribution >= 0.6 is 0 Å². The molecule has 9 nitrogen and oxygen atoms in total. The lowest BCUT2D eigenvalue weighted by Gasteiger charge is -2.18. The summed E-state index contributed by atoms with van der Waals surface area (Å²) >= 11 is 0. The smallest absolute Gasteiger partial charge is 0.417 e. The summed E-state index contributed by atoms with van der Waals surface area (Å²) in [5.74, 6) is -2.14. The van der Waals surface area contributed by atoms with Gasteiger partial charge < -0.3 is 20.5 Å². The summed E-state index contributed by atoms with van der Waals surface area (Å²) in [5, 5.41) is 30.0. The number of hydrogen-bond acceptors (Lipinski definition) is 7. The van der Waals surface area contributed by atoms with Gasteiger partial charge in [0.15, 0.2) is 5.75 Å². The van der Waals surface area contributed by atoms with E-state index in [1.807, 2.05) is 37.3 Å². The van der Waals surface area contributed by atoms with Crippen molar-refractivity contribution in [3.05, 3.63) is 59.2 Å². The van der Waals surface area contributed by atoms with E-state index in [9.17, 15) is 28.3 Å². The van der Waals surface area contributed by atoms with Gasteiger partial charge in [-0.25, -0.2) is 0 Å². The molecule has 0 bridgehead atoms. The van der Waals surface area contributed by atoms with Gasteiger partial charge in [0.1, 0.15) is 15.7 Å². The van der Waals surface area contributed by atoms with Crippen molar-refractivity contribution in [2.45, 2.75) is 25.6 Å². The number of phenolic OH excluding ortho intramolecular Hbond substituents is 1. The number of aromatic nitrogens is 2. The van der Waals surface area contributed by atoms with Gasteiger partial charge in [0.2, 0.25) is 0 Å². The molecule has 1 aromatic heterocycles. The molecule has 0 unspecified atom stereocenters. The third kappa shape index (κ3) is 4.94. The lowest BCUT2D eigenvalue weighted by molar-refractivity contribution is -1.03. The Balaban J connectivity index is 2.00. The van der Waals surface area contributed by atoms with Crippen LogP contribution in [0.5, 0.6) is 5.75 Å². The molecule has 0 spiro atoms. The number of halogens is 3. The highest BCUT2D eigenvalue weighted by molar-refractivity contribution is 6.00. The second kappa shape index (κ2) is 9.27. The van der Waals surface area contributed by atoms with E-state index in [1.54, 1.807) is 0 Å². The Morgan fingerprint density at radius 2 is 1.88 bits per heavy atom. The van der Waals surface area contributed by atoms with Crippen LogP contribution in [0.2, 0.25) is 0 Å². The number of rotatable bonds is 7. The molecule has 12 heteroatoms. The maximum Gasteiger partial charge on any atom is 0.417 e. The molecule has 0 fully saturated rings. The molecule has 0 saturated heterocycles. The first-order chi connectivity index (χ1) is 15.5. The first-order valence-corrected chi connectivity index (χ1v) is 9.89. The minimum absolute atomic E-state index is 0.0352. The molecule has 176 valence electrons. The molecule has 2 aromatic carbocycles. The number of nitrogens with zero attached hydrogens (tertiary/aromatic N) is 3. The van der Waals surface area contributed by atoms with Crippen LogP contribution in [0.15, 0.2) is 47.1 Å². The van der Waals surface area contributed by atoms with E-state index in [0.717, 1.165) is 16.5 Å². The number of amides is 1. The molecule has 1 atom stereocenters. The van der Waals surface area contributed by atoms with Crippen LogP contribution in [-0.4, -0.2) is 40.4 Å². The number of benzene rings is 2. The van der Waals surface area contributed by atoms with Gasteiger partial charge in [-0.1, -0.05) is 41.9 Å². The van der Waals surface area contributed by atoms with Crippen LogP contribution in [0.1, 0.15) is 40.9 Å². The second-order valence-corrected chi connectivity index (χ2v) is 7.37. The molecule has 1 heterocycles. The van der Waals surface area contributed by atoms with Crippen LogP contribution < -0.4 is 15.5 Å². The zero-order valence-corrected chi connectivity index (χ0v) is 18.0. The molecule has 0 aliphatic rings. The van der Waals surface area contributed by atoms with Crippen LogP contribution in [0.3, 0.4) is 0 Å². The lowest BCUT2D eigenvalue weighted by Crippen LogP contribution is -2.30. The first kappa shape index (κ1) is 23.7. The van der Waals surface area contributed by atoms with Gasteiger partial charge >= 0.3 is 17.8 Å². The van der Waals surface area contributed by atoms with Crippen molar-refractivity contribution in [2.24, 2.45) is 0 Å². The summed E-state index contributed by atoms with van der Waals surface area (Å²) in [6, 6.07) is 10.7. The quantitative estimate of drug-likeness (QED) is 0.308. The predicted molar refractivity (Wildman–Crippen MR) is 111 cm³/mol. The summed E-state index contributed by atoms with van der Waals surface area (Å²) in [6.45, 7) is 1.92. The molecular formula is C21H23F3N5O4+. The van der Waals surface area contributed by atoms with Gasteiger partial charge in [-0.2, -0.15) is 13.2 Å². The Labute approximate surface area is 187 Å². The van der Waals surface area contributed by atoms with Crippen LogP contribution in [0.4, 0.5) is 30.5 Å². The molecule has 1 amide bonds. The number of aromatic hydroxyl groups is 1. The molecule has 0 radical (unpaired) electrons. The fraction of sp³-hybridized carbons (Fsp3) is 0.286. The summed E-state index contributed by atoms with van der Waals surface area (Å²) in [7, 11) is 2.53. The number of anilines is 3. The minimum Gasteiger partial charge on any atom is -0.504 e. The van der Waals surface area contributed by atoms with Gasteiger partial charge in [0.05, 0.1) is 17.2 Å². The van der Waals surface area contributed by atoms with Crippen molar-refractivity contribution < 1.29 is 37.8 Å². The van der Waals surface area contributed by atoms with Gasteiger partial charge in [-0.05, 0) is 24.1 Å². The highest BCUT2D eigenvalue weighted by atomic mass is 19.4. The number of carbonyl (C=O) groups excluding carboxylic acids is 1. The van der Waals surface area contributed by atoms with E-state index < -0.39 is 29.0 Å². The molecule has 0 saturated carbocycles. The van der Waals surface area contributed by atoms with Crippen LogP contribution in [-0.2, 0) is 6.18 Å². The average Bonchev–Trinajstić information content (AvgIpc) is 3.11. The number of alkyl halides is 3. The fourth-order valence-corrected chi connectivity index (χ4v) is 3.22. The Hall–Kier alpha value is -3.96. The van der Waals surface area contributed by atoms with E-state index in [-0.39, 0.29) is 28.3 Å². The van der Waals surface area contributed by atoms with Gasteiger partial charge in [0.25, 0.3) is 5.91 Å². The van der Waals surface area contributed by atoms with Crippen molar-refractivity contribution in [3.63, 3.8) is 0 Å². The number of hydrogen-bond donors (Lipinski definition) is 4. The number of nitrogens with one attached hydrogen (secondary N) is 2. The molecule has 4 N–H and O–H groups in total. The van der Waals surface area contributed by atoms with E-state index >= 15 is 0 Å². The van der Waals surface area contributed by atoms with Crippen LogP contribution in [0, 0.1) is 0 Å². The third-order valence-corrected chi connectivity index (χ3v) is 4.90. The number of carbonyl (C=O) groups is 1. The number of phenols is 1. The van der Waals surface area contributed by atoms with Crippen molar-refractivity contribution in [2.75, 3.05) is 24.7 Å². The van der Waals surface area contributed by atoms with Crippen molar-refractivity contribution >= 4 is 23.2 Å². The largest absolute Gasteiger partial charge is 0.504 e. The van der Waals surface area contributed by atoms with E-state index in [0.29, 0.717) is 12.5 Å². The Morgan fingerprint density at radius 1 is 1.21 bits per heavy atom. The van der Waals surface area contributed by atoms with Gasteiger partial charge in [-0.15, -0.1) is 0 Å². The third-order valence-electron chi connectivity index (χ3n) is 4.90. The molecule has 3 rings (SSSR count). The van der Waals surface area contributed by atoms with Crippen molar-refractivity contribution in [1.82, 2.24) is 10.1 Å². The molecule has 0 aliphatic carbocycles. The summed E-state index contributed by atoms with van der Waals surface area (Å²) in [6.07, 6.45) is -4.24. The maximum absolute atomic E-state index is 13.5. The van der Waals surface area contributed by atoms with Crippen molar-refractivity contribution in [3.8, 4) is 5.75 Å². The minimum atomic E-state index is -4.87. The molecular weight excluding hydrogens is 443 g/mol. The molecule has 33 heavy (non-hydrogen) atoms. The summed E-state index contributed by atoms with van der Waals surface area (Å²) in [4.78, 5) is 13.6. The zero-order chi connectivity index (χ0) is 24.3. The Kier molecular flexibility index (Phi) is 6.65. The SMILES string of the molecule is CC[C@@H](Nc1no[n+](O)c1Nc1ccc(C(F)(F)F)c(C(=O)N(C)C)c1O)c1ccccc1. The summed E-state index contributed by atoms with van der Waals surface area (Å²) in [5.41, 5.74) is -1.56. The van der Waals surface area contributed by atoms with Gasteiger partial charge in [-0.3, -0.25) is 10.1 Å². The van der Waals surface area contributed by atoms with E-state index in [4.69, 9.17) is 4.63 Å². The topological polar surface area (TPSA) is 115 Å². The average molecular weight is 466 g/mol. The van der Waals surface area contributed by atoms with E-state index in [1.165, 1.54) is 14.1 Å². The zero-order valence-electron chi connectivity index (χ0n) is 18.0. The predicted octanol–water partition coefficient (Wildman–Crippen LogP) is 3.93. The molecule has 3 aromatic rings. The van der Waals surface area contributed by atoms with E-state index in [2.05, 4.69) is 15.8 Å². The highest BCUT2D eigenvalue weighted by Crippen LogP contribution is 2.41. The Morgan fingerprint density at radius 3 is 2.45 bits per heavy atom. The molecule has 0 aliphatic heterocycles. The summed E-state index contributed by atoms with van der Waals surface area (Å²) < 4.78 is 45.1. The fourth-order valence-electron chi connectivity index (χ4n) is 3.22. The van der Waals surface area contributed by atoms with Crippen LogP contribution in [0.25, 0.3) is 0 Å². The first-order valence-electron chi connectivity index (χ1n) is 9.89. The standard InChI is InChI=1S/C21H22F3N5O4/c1-4-14(12-8-6-5-7-9-12)25-18-19(29(32)33-27-18)26-15-11-10-13(21(22,23)24)16(17(15)30)20(31)28(2)3/h5-11,14,32H,4H2,1-3H3,(H2,25,27,30,31)/p+1/t14-/m1/s1. The maximum atomic E-state index is 13.5. The highest BCUT2D eigenvalue weighted by Gasteiger charge is 2.39. The second-order valence-electron chi connectivity index (χ2n) is 7.37. The Bertz CT molecular complexity index is 1130. The normalized spacial score (nSPS) is 12.3. The lowest BCUT2D eigenvalue weighted by atomic mass is 10.0. The van der Waals surface area contributed by atoms with Crippen molar-refractivity contribution in [1.29, 1.82) is 0 Å². The monoisotopic (exact) mass is 466 g/mol. The van der Waals surface area contributed by atoms with Gasteiger partial charge in [0, 0.05) is 14.1 Å².